The Balaban J connectivity index is 2.93. The Morgan fingerprint density at radius 3 is 2.91 bits per heavy atom. The lowest BCUT2D eigenvalue weighted by Gasteiger charge is -2.08. The van der Waals surface area contributed by atoms with Gasteiger partial charge in [0.05, 0.1) is 17.6 Å². The minimum absolute atomic E-state index is 0.0713. The van der Waals surface area contributed by atoms with Gasteiger partial charge >= 0.3 is 0 Å². The van der Waals surface area contributed by atoms with E-state index < -0.39 is 0 Å². The Morgan fingerprint density at radius 1 is 1.64 bits per heavy atom. The van der Waals surface area contributed by atoms with Crippen LogP contribution in [0, 0.1) is 0 Å². The molecule has 1 aromatic heterocycles. The van der Waals surface area contributed by atoms with Crippen LogP contribution in [0.3, 0.4) is 0 Å². The van der Waals surface area contributed by atoms with Crippen LogP contribution in [0.4, 0.5) is 5.69 Å². The Morgan fingerprint density at radius 2 is 2.36 bits per heavy atom. The standard InChI is InChI=1S/C7H12N4/c1-2-5(8)7-6(9)3-10-4-11-7/h3-5H,2,8-9H2,1H3. The maximum Gasteiger partial charge on any atom is 0.115 e. The number of rotatable bonds is 2. The Hall–Kier alpha value is -1.16. The van der Waals surface area contributed by atoms with Crippen LogP contribution in [0.1, 0.15) is 25.1 Å². The fraction of sp³-hybridized carbons (Fsp3) is 0.429. The molecule has 1 unspecified atom stereocenters. The molecule has 0 radical (unpaired) electrons. The molecule has 0 aromatic carbocycles. The number of nitrogens with two attached hydrogens (primary N) is 2. The normalized spacial score (nSPS) is 12.9. The largest absolute Gasteiger partial charge is 0.396 e. The molecule has 1 aromatic rings. The quantitative estimate of drug-likeness (QED) is 0.645. The van der Waals surface area contributed by atoms with Gasteiger partial charge in [0.2, 0.25) is 0 Å². The van der Waals surface area contributed by atoms with Crippen LogP contribution < -0.4 is 11.5 Å². The highest BCUT2D eigenvalue weighted by atomic mass is 14.9. The molecule has 0 saturated heterocycles. The molecule has 4 N–H and O–H groups in total. The maximum absolute atomic E-state index is 5.72. The minimum Gasteiger partial charge on any atom is -0.396 e. The second-order valence-corrected chi connectivity index (χ2v) is 2.38. The summed E-state index contributed by atoms with van der Waals surface area (Å²) >= 11 is 0. The molecule has 0 fully saturated rings. The van der Waals surface area contributed by atoms with E-state index in [4.69, 9.17) is 11.5 Å². The number of anilines is 1. The van der Waals surface area contributed by atoms with E-state index in [1.165, 1.54) is 6.33 Å². The van der Waals surface area contributed by atoms with Crippen LogP contribution in [-0.4, -0.2) is 9.97 Å². The van der Waals surface area contributed by atoms with E-state index in [1.807, 2.05) is 6.92 Å². The first kappa shape index (κ1) is 7.94. The number of hydrogen-bond acceptors (Lipinski definition) is 4. The van der Waals surface area contributed by atoms with Gasteiger partial charge in [-0.2, -0.15) is 0 Å². The van der Waals surface area contributed by atoms with Gasteiger partial charge in [0, 0.05) is 6.04 Å². The van der Waals surface area contributed by atoms with E-state index in [2.05, 4.69) is 9.97 Å². The van der Waals surface area contributed by atoms with Gasteiger partial charge < -0.3 is 11.5 Å². The van der Waals surface area contributed by atoms with Crippen LogP contribution in [-0.2, 0) is 0 Å². The van der Waals surface area contributed by atoms with Gasteiger partial charge in [0.25, 0.3) is 0 Å². The topological polar surface area (TPSA) is 77.8 Å². The third-order valence-electron chi connectivity index (χ3n) is 1.56. The fourth-order valence-electron chi connectivity index (χ4n) is 0.853. The van der Waals surface area contributed by atoms with Crippen molar-refractivity contribution in [3.8, 4) is 0 Å². The van der Waals surface area contributed by atoms with Gasteiger partial charge in [-0.25, -0.2) is 9.97 Å². The number of nitrogen functional groups attached to an aromatic ring is 1. The van der Waals surface area contributed by atoms with Crippen LogP contribution in [0.2, 0.25) is 0 Å². The number of hydrogen-bond donors (Lipinski definition) is 2. The zero-order valence-electron chi connectivity index (χ0n) is 6.49. The lowest BCUT2D eigenvalue weighted by Crippen LogP contribution is -2.13. The van der Waals surface area contributed by atoms with Crippen molar-refractivity contribution >= 4 is 5.69 Å². The monoisotopic (exact) mass is 152 g/mol. The van der Waals surface area contributed by atoms with E-state index in [9.17, 15) is 0 Å². The maximum atomic E-state index is 5.72. The molecule has 0 bridgehead atoms. The molecule has 4 heteroatoms. The van der Waals surface area contributed by atoms with Crippen molar-refractivity contribution < 1.29 is 0 Å². The third kappa shape index (κ3) is 1.65. The fourth-order valence-corrected chi connectivity index (χ4v) is 0.853. The van der Waals surface area contributed by atoms with E-state index in [0.717, 1.165) is 12.1 Å². The van der Waals surface area contributed by atoms with Gasteiger partial charge in [-0.1, -0.05) is 6.92 Å². The first-order valence-corrected chi connectivity index (χ1v) is 3.56. The van der Waals surface area contributed by atoms with Crippen molar-refractivity contribution in [2.45, 2.75) is 19.4 Å². The molecular weight excluding hydrogens is 140 g/mol. The molecule has 1 heterocycles. The molecular formula is C7H12N4. The van der Waals surface area contributed by atoms with Crippen molar-refractivity contribution in [2.75, 3.05) is 5.73 Å². The van der Waals surface area contributed by atoms with Gasteiger partial charge in [-0.3, -0.25) is 0 Å². The molecule has 4 nitrogen and oxygen atoms in total. The Bertz CT molecular complexity index is 236. The number of nitrogens with zero attached hydrogens (tertiary/aromatic N) is 2. The minimum atomic E-state index is -0.0713. The predicted molar refractivity (Wildman–Crippen MR) is 43.7 cm³/mol. The highest BCUT2D eigenvalue weighted by Crippen LogP contribution is 2.15. The van der Waals surface area contributed by atoms with Crippen LogP contribution in [0.5, 0.6) is 0 Å². The van der Waals surface area contributed by atoms with Crippen molar-refractivity contribution in [3.63, 3.8) is 0 Å². The SMILES string of the molecule is CCC(N)c1ncncc1N. The molecule has 1 atom stereocenters. The summed E-state index contributed by atoms with van der Waals surface area (Å²) in [5, 5.41) is 0. The van der Waals surface area contributed by atoms with Crippen molar-refractivity contribution in [1.29, 1.82) is 0 Å². The summed E-state index contributed by atoms with van der Waals surface area (Å²) in [5.41, 5.74) is 12.6. The lowest BCUT2D eigenvalue weighted by molar-refractivity contribution is 0.675. The highest BCUT2D eigenvalue weighted by Gasteiger charge is 2.07. The van der Waals surface area contributed by atoms with Crippen molar-refractivity contribution in [3.05, 3.63) is 18.2 Å². The van der Waals surface area contributed by atoms with E-state index in [0.29, 0.717) is 5.69 Å². The third-order valence-corrected chi connectivity index (χ3v) is 1.56. The molecule has 1 rings (SSSR count). The van der Waals surface area contributed by atoms with E-state index in [-0.39, 0.29) is 6.04 Å². The summed E-state index contributed by atoms with van der Waals surface area (Å²) in [6.07, 6.45) is 3.86. The summed E-state index contributed by atoms with van der Waals surface area (Å²) in [4.78, 5) is 7.76. The average Bonchev–Trinajstić information content (AvgIpc) is 2.04. The summed E-state index contributed by atoms with van der Waals surface area (Å²) < 4.78 is 0. The predicted octanol–water partition coefficient (Wildman–Crippen LogP) is 0.469. The molecule has 0 amide bonds. The number of aromatic nitrogens is 2. The zero-order chi connectivity index (χ0) is 8.27. The van der Waals surface area contributed by atoms with Gasteiger partial charge in [0.1, 0.15) is 6.33 Å². The zero-order valence-corrected chi connectivity index (χ0v) is 6.49. The summed E-state index contributed by atoms with van der Waals surface area (Å²) in [5.74, 6) is 0. The second-order valence-electron chi connectivity index (χ2n) is 2.38. The Labute approximate surface area is 65.6 Å². The summed E-state index contributed by atoms with van der Waals surface area (Å²) in [7, 11) is 0. The molecule has 60 valence electrons. The lowest BCUT2D eigenvalue weighted by atomic mass is 10.1. The van der Waals surface area contributed by atoms with Gasteiger partial charge in [-0.05, 0) is 6.42 Å². The highest BCUT2D eigenvalue weighted by molar-refractivity contribution is 5.41. The van der Waals surface area contributed by atoms with Crippen molar-refractivity contribution in [1.82, 2.24) is 9.97 Å². The molecule has 11 heavy (non-hydrogen) atoms. The molecule has 0 aliphatic rings. The van der Waals surface area contributed by atoms with Gasteiger partial charge in [0.15, 0.2) is 0 Å². The average molecular weight is 152 g/mol. The first-order valence-electron chi connectivity index (χ1n) is 3.56. The molecule has 0 aliphatic heterocycles. The molecule has 0 aliphatic carbocycles. The Kier molecular flexibility index (Phi) is 2.38. The molecule has 0 spiro atoms. The smallest absolute Gasteiger partial charge is 0.115 e. The summed E-state index contributed by atoms with van der Waals surface area (Å²) in [6, 6.07) is -0.0713. The second kappa shape index (κ2) is 3.30. The summed E-state index contributed by atoms with van der Waals surface area (Å²) in [6.45, 7) is 1.99. The van der Waals surface area contributed by atoms with Crippen LogP contribution in [0.25, 0.3) is 0 Å². The van der Waals surface area contributed by atoms with E-state index >= 15 is 0 Å². The van der Waals surface area contributed by atoms with E-state index in [1.54, 1.807) is 6.20 Å². The molecule has 0 saturated carbocycles. The van der Waals surface area contributed by atoms with Crippen molar-refractivity contribution in [2.24, 2.45) is 5.73 Å². The first-order chi connectivity index (χ1) is 5.25. The van der Waals surface area contributed by atoms with Gasteiger partial charge in [-0.15, -0.1) is 0 Å². The van der Waals surface area contributed by atoms with Crippen LogP contribution in [0.15, 0.2) is 12.5 Å². The van der Waals surface area contributed by atoms with Crippen LogP contribution >= 0.6 is 0 Å².